The van der Waals surface area contributed by atoms with Crippen LogP contribution in [0.4, 0.5) is 0 Å². The molecule has 0 amide bonds. The molecule has 0 radical (unpaired) electrons. The van der Waals surface area contributed by atoms with Gasteiger partial charge in [0.1, 0.15) is 12.6 Å². The van der Waals surface area contributed by atoms with Crippen molar-refractivity contribution >= 4 is 17.9 Å². The third-order valence-corrected chi connectivity index (χ3v) is 10.7. The summed E-state index contributed by atoms with van der Waals surface area (Å²) in [4.78, 5) is 36.8. The van der Waals surface area contributed by atoms with Crippen LogP contribution in [-0.2, 0) is 28.6 Å². The SMILES string of the molecule is CCCCCCCCCCCC/C=C/CCCCCCCCCC(=O)OC(COCCC(C(=O)[O-])[N+](C)(C)C)COC(=O)CCCCCCCCCCCC. The Balaban J connectivity index is 4.22. The highest BCUT2D eigenvalue weighted by molar-refractivity contribution is 5.70. The molecule has 0 fully saturated rings. The largest absolute Gasteiger partial charge is 0.544 e. The normalized spacial score (nSPS) is 13.0. The van der Waals surface area contributed by atoms with Crippen molar-refractivity contribution in [2.45, 2.75) is 231 Å². The number of hydrogen-bond acceptors (Lipinski definition) is 7. The number of ether oxygens (including phenoxy) is 3. The van der Waals surface area contributed by atoms with Gasteiger partial charge in [-0.05, 0) is 38.5 Å². The molecule has 324 valence electrons. The highest BCUT2D eigenvalue weighted by atomic mass is 16.6. The Morgan fingerprint density at radius 1 is 0.527 bits per heavy atom. The van der Waals surface area contributed by atoms with Crippen molar-refractivity contribution in [1.29, 1.82) is 0 Å². The minimum absolute atomic E-state index is 0.0443. The van der Waals surface area contributed by atoms with Crippen LogP contribution in [0.5, 0.6) is 0 Å². The summed E-state index contributed by atoms with van der Waals surface area (Å²) in [5.74, 6) is -1.73. The van der Waals surface area contributed by atoms with Crippen LogP contribution in [0.3, 0.4) is 0 Å². The van der Waals surface area contributed by atoms with Gasteiger partial charge in [0, 0.05) is 19.3 Å². The number of allylic oxidation sites excluding steroid dienone is 2. The lowest BCUT2D eigenvalue weighted by Gasteiger charge is -2.34. The molecule has 0 aliphatic carbocycles. The average molecular weight is 780 g/mol. The molecule has 0 aromatic rings. The van der Waals surface area contributed by atoms with Crippen molar-refractivity contribution in [3.8, 4) is 0 Å². The van der Waals surface area contributed by atoms with Crippen LogP contribution in [0, 0.1) is 0 Å². The number of carbonyl (C=O) groups excluding carboxylic acids is 3. The summed E-state index contributed by atoms with van der Waals surface area (Å²) in [6, 6.07) is -0.721. The van der Waals surface area contributed by atoms with E-state index in [0.717, 1.165) is 38.5 Å². The van der Waals surface area contributed by atoms with Crippen LogP contribution in [-0.4, -0.2) is 75.5 Å². The maximum atomic E-state index is 12.7. The molecule has 55 heavy (non-hydrogen) atoms. The predicted octanol–water partition coefficient (Wildman–Crippen LogP) is 11.4. The Morgan fingerprint density at radius 2 is 0.909 bits per heavy atom. The standard InChI is InChI=1S/C47H89NO7/c1-6-8-10-12-14-16-18-19-20-21-22-23-24-25-26-27-28-30-32-34-36-38-46(50)55-43(41-53-40-39-44(47(51)52)48(3,4)5)42-54-45(49)37-35-33-31-29-17-15-13-11-9-7-2/h23-24,43-44H,6-22,25-42H2,1-5H3/b24-23+. The molecular weight excluding hydrogens is 691 g/mol. The van der Waals surface area contributed by atoms with Gasteiger partial charge >= 0.3 is 11.9 Å². The second-order valence-electron chi connectivity index (χ2n) is 17.0. The predicted molar refractivity (Wildman–Crippen MR) is 227 cm³/mol. The van der Waals surface area contributed by atoms with E-state index in [2.05, 4.69) is 26.0 Å². The molecule has 0 aliphatic heterocycles. The molecule has 2 unspecified atom stereocenters. The number of aliphatic carboxylic acids is 1. The van der Waals surface area contributed by atoms with E-state index >= 15 is 0 Å². The fraction of sp³-hybridized carbons (Fsp3) is 0.894. The molecule has 2 atom stereocenters. The smallest absolute Gasteiger partial charge is 0.306 e. The van der Waals surface area contributed by atoms with Crippen LogP contribution in [0.15, 0.2) is 12.2 Å². The van der Waals surface area contributed by atoms with Gasteiger partial charge in [0.05, 0.1) is 40.3 Å². The Bertz CT molecular complexity index is 915. The number of hydrogen-bond donors (Lipinski definition) is 0. The highest BCUT2D eigenvalue weighted by Gasteiger charge is 2.25. The van der Waals surface area contributed by atoms with Gasteiger partial charge in [0.25, 0.3) is 0 Å². The summed E-state index contributed by atoms with van der Waals surface area (Å²) in [5.41, 5.74) is 0. The Hall–Kier alpha value is -1.93. The van der Waals surface area contributed by atoms with Crippen molar-refractivity contribution < 1.29 is 38.2 Å². The fourth-order valence-corrected chi connectivity index (χ4v) is 7.01. The molecule has 0 aromatic carbocycles. The van der Waals surface area contributed by atoms with Gasteiger partial charge in [-0.25, -0.2) is 0 Å². The molecule has 8 nitrogen and oxygen atoms in total. The minimum atomic E-state index is -1.12. The number of unbranched alkanes of at least 4 members (excludes halogenated alkanes) is 26. The van der Waals surface area contributed by atoms with Crippen molar-refractivity contribution in [2.75, 3.05) is 41.0 Å². The topological polar surface area (TPSA) is 102 Å². The summed E-state index contributed by atoms with van der Waals surface area (Å²) < 4.78 is 17.2. The second kappa shape index (κ2) is 38.9. The van der Waals surface area contributed by atoms with E-state index in [9.17, 15) is 19.5 Å². The Morgan fingerprint density at radius 3 is 1.31 bits per heavy atom. The number of esters is 2. The average Bonchev–Trinajstić information content (AvgIpc) is 3.14. The van der Waals surface area contributed by atoms with Gasteiger partial charge < -0.3 is 28.6 Å². The lowest BCUT2D eigenvalue weighted by atomic mass is 10.1. The highest BCUT2D eigenvalue weighted by Crippen LogP contribution is 2.15. The maximum absolute atomic E-state index is 12.7. The van der Waals surface area contributed by atoms with E-state index < -0.39 is 18.1 Å². The first-order valence-corrected chi connectivity index (χ1v) is 23.2. The molecule has 0 rings (SSSR count). The van der Waals surface area contributed by atoms with Crippen molar-refractivity contribution in [3.63, 3.8) is 0 Å². The van der Waals surface area contributed by atoms with E-state index in [1.165, 1.54) is 148 Å². The van der Waals surface area contributed by atoms with E-state index in [1.807, 2.05) is 0 Å². The van der Waals surface area contributed by atoms with Gasteiger partial charge in [0.15, 0.2) is 6.10 Å². The molecule has 0 saturated carbocycles. The van der Waals surface area contributed by atoms with Crippen molar-refractivity contribution in [1.82, 2.24) is 0 Å². The molecule has 0 heterocycles. The van der Waals surface area contributed by atoms with E-state index in [-0.39, 0.29) is 42.7 Å². The Kier molecular flexibility index (Phi) is 37.6. The number of nitrogens with zero attached hydrogens (tertiary/aromatic N) is 1. The molecule has 8 heteroatoms. The fourth-order valence-electron chi connectivity index (χ4n) is 7.01. The Labute approximate surface area is 339 Å². The second-order valence-corrected chi connectivity index (χ2v) is 17.0. The molecule has 0 saturated heterocycles. The summed E-state index contributed by atoms with van der Waals surface area (Å²) in [6.45, 7) is 4.67. The summed E-state index contributed by atoms with van der Waals surface area (Å²) in [7, 11) is 5.41. The zero-order valence-electron chi connectivity index (χ0n) is 36.9. The molecule has 0 N–H and O–H groups in total. The number of quaternary nitrogens is 1. The number of rotatable bonds is 42. The minimum Gasteiger partial charge on any atom is -0.544 e. The van der Waals surface area contributed by atoms with Gasteiger partial charge in [-0.15, -0.1) is 0 Å². The van der Waals surface area contributed by atoms with Crippen LogP contribution < -0.4 is 5.11 Å². The third-order valence-electron chi connectivity index (χ3n) is 10.7. The zero-order valence-corrected chi connectivity index (χ0v) is 36.9. The number of likely N-dealkylation sites (N-methyl/N-ethyl adjacent to an activating group) is 1. The van der Waals surface area contributed by atoms with E-state index in [0.29, 0.717) is 12.8 Å². The molecular formula is C47H89NO7. The summed E-state index contributed by atoms with van der Waals surface area (Å²) in [6.07, 6.45) is 41.0. The molecule has 0 bridgehead atoms. The quantitative estimate of drug-likeness (QED) is 0.0263. The monoisotopic (exact) mass is 780 g/mol. The number of carboxylic acids is 1. The van der Waals surface area contributed by atoms with Gasteiger partial charge in [0.2, 0.25) is 0 Å². The summed E-state index contributed by atoms with van der Waals surface area (Å²) >= 11 is 0. The molecule has 0 spiro atoms. The number of carboxylic acid groups (broad SMARTS) is 1. The van der Waals surface area contributed by atoms with Gasteiger partial charge in [-0.3, -0.25) is 9.59 Å². The van der Waals surface area contributed by atoms with E-state index in [4.69, 9.17) is 14.2 Å². The third kappa shape index (κ3) is 37.4. The van der Waals surface area contributed by atoms with Crippen LogP contribution in [0.25, 0.3) is 0 Å². The van der Waals surface area contributed by atoms with Gasteiger partial charge in [-0.1, -0.05) is 174 Å². The lowest BCUT2D eigenvalue weighted by Crippen LogP contribution is -2.55. The van der Waals surface area contributed by atoms with Gasteiger partial charge in [-0.2, -0.15) is 0 Å². The van der Waals surface area contributed by atoms with Crippen LogP contribution in [0.2, 0.25) is 0 Å². The van der Waals surface area contributed by atoms with E-state index in [1.54, 1.807) is 21.1 Å². The maximum Gasteiger partial charge on any atom is 0.306 e. The van der Waals surface area contributed by atoms with Crippen LogP contribution in [0.1, 0.15) is 219 Å². The zero-order chi connectivity index (χ0) is 40.7. The molecule has 0 aliphatic rings. The van der Waals surface area contributed by atoms with Crippen LogP contribution >= 0.6 is 0 Å². The molecule has 0 aromatic heterocycles. The first kappa shape index (κ1) is 53.1. The number of carbonyl (C=O) groups is 3. The summed E-state index contributed by atoms with van der Waals surface area (Å²) in [5, 5.41) is 11.6. The van der Waals surface area contributed by atoms with Crippen molar-refractivity contribution in [3.05, 3.63) is 12.2 Å². The first-order chi connectivity index (χ1) is 26.6. The lowest BCUT2D eigenvalue weighted by molar-refractivity contribution is -0.889. The van der Waals surface area contributed by atoms with Crippen molar-refractivity contribution in [2.24, 2.45) is 0 Å². The first-order valence-electron chi connectivity index (χ1n) is 23.2.